The molecule has 0 aliphatic heterocycles. The van der Waals surface area contributed by atoms with Gasteiger partial charge in [0.1, 0.15) is 5.84 Å². The van der Waals surface area contributed by atoms with E-state index in [-0.39, 0.29) is 0 Å². The predicted octanol–water partition coefficient (Wildman–Crippen LogP) is 1.98. The molecule has 0 heterocycles. The van der Waals surface area contributed by atoms with Crippen molar-refractivity contribution in [1.29, 1.82) is 5.41 Å². The third-order valence-corrected chi connectivity index (χ3v) is 2.20. The summed E-state index contributed by atoms with van der Waals surface area (Å²) in [6.07, 6.45) is 0. The van der Waals surface area contributed by atoms with Gasteiger partial charge in [-0.3, -0.25) is 5.41 Å². The predicted molar refractivity (Wildman–Crippen MR) is 62.4 cm³/mol. The van der Waals surface area contributed by atoms with E-state index in [9.17, 15) is 0 Å². The molecule has 82 valence electrons. The highest BCUT2D eigenvalue weighted by Crippen LogP contribution is 2.02. The molecule has 1 aromatic carbocycles. The molecule has 15 heavy (non-hydrogen) atoms. The van der Waals surface area contributed by atoms with Crippen LogP contribution in [0.5, 0.6) is 0 Å². The Morgan fingerprint density at radius 3 is 2.60 bits per heavy atom. The molecule has 0 radical (unpaired) electrons. The maximum atomic E-state index is 7.94. The molecule has 0 bridgehead atoms. The van der Waals surface area contributed by atoms with Crippen LogP contribution in [0.15, 0.2) is 30.3 Å². The molecule has 0 atom stereocenters. The van der Waals surface area contributed by atoms with Gasteiger partial charge in [-0.1, -0.05) is 30.3 Å². The average Bonchev–Trinajstić information content (AvgIpc) is 2.29. The number of ether oxygens (including phenoxy) is 1. The van der Waals surface area contributed by atoms with Crippen LogP contribution in [0.4, 0.5) is 0 Å². The maximum Gasteiger partial charge on any atom is 0.127 e. The van der Waals surface area contributed by atoms with Crippen LogP contribution in [-0.2, 0) is 4.74 Å². The smallest absolute Gasteiger partial charge is 0.127 e. The number of likely N-dealkylation sites (N-methyl/N-ethyl adjacent to an activating group) is 1. The van der Waals surface area contributed by atoms with E-state index in [2.05, 4.69) is 0 Å². The molecule has 0 aliphatic carbocycles. The normalized spacial score (nSPS) is 10.0. The number of amidine groups is 1. The summed E-state index contributed by atoms with van der Waals surface area (Å²) in [5.41, 5.74) is 0.941. The zero-order valence-electron chi connectivity index (χ0n) is 9.36. The highest BCUT2D eigenvalue weighted by atomic mass is 16.5. The summed E-state index contributed by atoms with van der Waals surface area (Å²) >= 11 is 0. The first-order valence-corrected chi connectivity index (χ1v) is 5.18. The Hall–Kier alpha value is -1.35. The lowest BCUT2D eigenvalue weighted by Gasteiger charge is -2.19. The number of hydrogen-bond acceptors (Lipinski definition) is 2. The van der Waals surface area contributed by atoms with Crippen LogP contribution in [0, 0.1) is 5.41 Å². The highest BCUT2D eigenvalue weighted by molar-refractivity contribution is 5.96. The zero-order valence-corrected chi connectivity index (χ0v) is 9.36. The maximum absolute atomic E-state index is 7.94. The summed E-state index contributed by atoms with van der Waals surface area (Å²) < 4.78 is 5.25. The van der Waals surface area contributed by atoms with Crippen molar-refractivity contribution in [2.24, 2.45) is 0 Å². The quantitative estimate of drug-likeness (QED) is 0.454. The van der Waals surface area contributed by atoms with Crippen molar-refractivity contribution >= 4 is 5.84 Å². The van der Waals surface area contributed by atoms with Gasteiger partial charge in [0.25, 0.3) is 0 Å². The molecule has 3 nitrogen and oxygen atoms in total. The van der Waals surface area contributed by atoms with Crippen molar-refractivity contribution in [3.63, 3.8) is 0 Å². The summed E-state index contributed by atoms with van der Waals surface area (Å²) in [5, 5.41) is 7.94. The number of nitrogens with zero attached hydrogens (tertiary/aromatic N) is 1. The average molecular weight is 206 g/mol. The fourth-order valence-corrected chi connectivity index (χ4v) is 1.27. The molecule has 0 spiro atoms. The molecule has 1 aromatic rings. The minimum absolute atomic E-state index is 0.537. The van der Waals surface area contributed by atoms with Crippen LogP contribution >= 0.6 is 0 Å². The van der Waals surface area contributed by atoms with Gasteiger partial charge < -0.3 is 9.64 Å². The Kier molecular flexibility index (Phi) is 4.84. The van der Waals surface area contributed by atoms with E-state index < -0.39 is 0 Å². The second kappa shape index (κ2) is 6.19. The number of rotatable bonds is 5. The fraction of sp³-hybridized carbons (Fsp3) is 0.417. The lowest BCUT2D eigenvalue weighted by Crippen LogP contribution is -2.30. The van der Waals surface area contributed by atoms with E-state index in [4.69, 9.17) is 10.1 Å². The lowest BCUT2D eigenvalue weighted by molar-refractivity contribution is 0.137. The van der Waals surface area contributed by atoms with E-state index >= 15 is 0 Å². The summed E-state index contributed by atoms with van der Waals surface area (Å²) in [4.78, 5) is 1.89. The Bertz CT molecular complexity index is 298. The largest absolute Gasteiger partial charge is 0.380 e. The molecular weight excluding hydrogens is 188 g/mol. The molecule has 1 N–H and O–H groups in total. The monoisotopic (exact) mass is 206 g/mol. The van der Waals surface area contributed by atoms with Crippen molar-refractivity contribution < 1.29 is 4.74 Å². The van der Waals surface area contributed by atoms with E-state index in [0.29, 0.717) is 12.4 Å². The van der Waals surface area contributed by atoms with Crippen molar-refractivity contribution in [2.45, 2.75) is 6.92 Å². The van der Waals surface area contributed by atoms with Crippen LogP contribution < -0.4 is 0 Å². The van der Waals surface area contributed by atoms with Gasteiger partial charge in [0, 0.05) is 25.8 Å². The second-order valence-electron chi connectivity index (χ2n) is 3.33. The van der Waals surface area contributed by atoms with Gasteiger partial charge in [-0.25, -0.2) is 0 Å². The lowest BCUT2D eigenvalue weighted by atomic mass is 10.2. The van der Waals surface area contributed by atoms with E-state index in [1.807, 2.05) is 49.2 Å². The van der Waals surface area contributed by atoms with Crippen molar-refractivity contribution in [3.05, 3.63) is 35.9 Å². The van der Waals surface area contributed by atoms with Crippen molar-refractivity contribution in [2.75, 3.05) is 26.8 Å². The van der Waals surface area contributed by atoms with Gasteiger partial charge in [-0.2, -0.15) is 0 Å². The number of nitrogens with one attached hydrogen (secondary N) is 1. The van der Waals surface area contributed by atoms with Gasteiger partial charge in [-0.15, -0.1) is 0 Å². The summed E-state index contributed by atoms with van der Waals surface area (Å²) in [5.74, 6) is 0.537. The van der Waals surface area contributed by atoms with Crippen LogP contribution in [0.25, 0.3) is 0 Å². The van der Waals surface area contributed by atoms with Crippen LogP contribution in [0.1, 0.15) is 12.5 Å². The third kappa shape index (κ3) is 3.72. The van der Waals surface area contributed by atoms with E-state index in [1.54, 1.807) is 0 Å². The van der Waals surface area contributed by atoms with Gasteiger partial charge >= 0.3 is 0 Å². The molecule has 0 saturated heterocycles. The molecule has 0 unspecified atom stereocenters. The van der Waals surface area contributed by atoms with Crippen LogP contribution in [-0.4, -0.2) is 37.5 Å². The number of hydrogen-bond donors (Lipinski definition) is 1. The van der Waals surface area contributed by atoms with Gasteiger partial charge in [0.2, 0.25) is 0 Å². The first-order valence-electron chi connectivity index (χ1n) is 5.18. The first kappa shape index (κ1) is 11.7. The molecule has 0 amide bonds. The molecule has 0 fully saturated rings. The molecule has 0 saturated carbocycles. The Balaban J connectivity index is 2.46. The topological polar surface area (TPSA) is 36.3 Å². The minimum atomic E-state index is 0.537. The number of benzene rings is 1. The van der Waals surface area contributed by atoms with Crippen molar-refractivity contribution in [3.8, 4) is 0 Å². The summed E-state index contributed by atoms with van der Waals surface area (Å²) in [6.45, 7) is 4.12. The molecule has 0 aromatic heterocycles. The molecule has 3 heteroatoms. The van der Waals surface area contributed by atoms with Gasteiger partial charge in [0.15, 0.2) is 0 Å². The highest BCUT2D eigenvalue weighted by Gasteiger charge is 2.05. The Morgan fingerprint density at radius 1 is 1.33 bits per heavy atom. The van der Waals surface area contributed by atoms with Gasteiger partial charge in [0.05, 0.1) is 6.61 Å². The molecule has 1 rings (SSSR count). The second-order valence-corrected chi connectivity index (χ2v) is 3.33. The van der Waals surface area contributed by atoms with E-state index in [0.717, 1.165) is 18.7 Å². The van der Waals surface area contributed by atoms with Crippen LogP contribution in [0.2, 0.25) is 0 Å². The Morgan fingerprint density at radius 2 is 2.00 bits per heavy atom. The minimum Gasteiger partial charge on any atom is -0.380 e. The third-order valence-electron chi connectivity index (χ3n) is 2.20. The SMILES string of the molecule is CCOCCN(C)C(=N)c1ccccc1. The van der Waals surface area contributed by atoms with Gasteiger partial charge in [-0.05, 0) is 6.92 Å². The Labute approximate surface area is 91.2 Å². The zero-order chi connectivity index (χ0) is 11.1. The first-order chi connectivity index (χ1) is 7.25. The van der Waals surface area contributed by atoms with Crippen molar-refractivity contribution in [1.82, 2.24) is 4.90 Å². The fourth-order valence-electron chi connectivity index (χ4n) is 1.27. The molecular formula is C12H18N2O. The van der Waals surface area contributed by atoms with E-state index in [1.165, 1.54) is 0 Å². The standard InChI is InChI=1S/C12H18N2O/c1-3-15-10-9-14(2)12(13)11-7-5-4-6-8-11/h4-8,13H,3,9-10H2,1-2H3. The summed E-state index contributed by atoms with van der Waals surface area (Å²) in [6, 6.07) is 9.73. The molecule has 0 aliphatic rings. The summed E-state index contributed by atoms with van der Waals surface area (Å²) in [7, 11) is 1.91. The van der Waals surface area contributed by atoms with Crippen LogP contribution in [0.3, 0.4) is 0 Å².